The Hall–Kier alpha value is -2.03. The van der Waals surface area contributed by atoms with E-state index in [4.69, 9.17) is 9.26 Å². The van der Waals surface area contributed by atoms with Crippen molar-refractivity contribution in [3.05, 3.63) is 11.8 Å². The van der Waals surface area contributed by atoms with Gasteiger partial charge in [-0.2, -0.15) is 0 Å². The molecule has 0 aromatic carbocycles. The van der Waals surface area contributed by atoms with Crippen LogP contribution in [0.2, 0.25) is 0 Å². The van der Waals surface area contributed by atoms with Crippen LogP contribution in [0.15, 0.2) is 10.6 Å². The molecule has 2 amide bonds. The Morgan fingerprint density at radius 2 is 2.04 bits per heavy atom. The molecule has 0 unspecified atom stereocenters. The number of nitrogens with one attached hydrogen (secondary N) is 1. The summed E-state index contributed by atoms with van der Waals surface area (Å²) in [5.74, 6) is 0.0232. The molecular weight excluding hydrogens is 370 g/mol. The molecule has 0 spiro atoms. The Morgan fingerprint density at radius 3 is 2.67 bits per heavy atom. The van der Waals surface area contributed by atoms with E-state index in [0.29, 0.717) is 11.6 Å². The highest BCUT2D eigenvalue weighted by Gasteiger charge is 2.27. The second kappa shape index (κ2) is 10.3. The van der Waals surface area contributed by atoms with Crippen LogP contribution in [0.3, 0.4) is 0 Å². The van der Waals surface area contributed by atoms with Gasteiger partial charge >= 0.3 is 5.97 Å². The Labute approximate surface area is 163 Å². The third kappa shape index (κ3) is 6.89. The number of anilines is 1. The van der Waals surface area contributed by atoms with Crippen LogP contribution in [0.4, 0.5) is 5.82 Å². The molecule has 1 aliphatic carbocycles. The first-order chi connectivity index (χ1) is 12.9. The summed E-state index contributed by atoms with van der Waals surface area (Å²) in [7, 11) is 1.77. The molecule has 1 heterocycles. The van der Waals surface area contributed by atoms with E-state index in [2.05, 4.69) is 10.5 Å². The predicted octanol–water partition coefficient (Wildman–Crippen LogP) is 2.38. The molecule has 0 bridgehead atoms. The summed E-state index contributed by atoms with van der Waals surface area (Å²) in [6.07, 6.45) is 4.64. The smallest absolute Gasteiger partial charge is 0.316 e. The molecule has 0 saturated heterocycles. The molecule has 27 heavy (non-hydrogen) atoms. The Kier molecular flexibility index (Phi) is 8.15. The van der Waals surface area contributed by atoms with Gasteiger partial charge < -0.3 is 19.5 Å². The van der Waals surface area contributed by atoms with E-state index in [1.807, 2.05) is 0 Å². The van der Waals surface area contributed by atoms with Gasteiger partial charge in [-0.05, 0) is 26.7 Å². The van der Waals surface area contributed by atoms with Gasteiger partial charge in [0.05, 0.1) is 11.5 Å². The van der Waals surface area contributed by atoms with Crippen LogP contribution < -0.4 is 5.32 Å². The molecule has 2 rings (SSSR count). The lowest BCUT2D eigenvalue weighted by Crippen LogP contribution is -2.44. The fourth-order valence-corrected chi connectivity index (χ4v) is 3.64. The number of thioether (sulfide) groups is 1. The number of hydrogen-bond donors (Lipinski definition) is 1. The summed E-state index contributed by atoms with van der Waals surface area (Å²) in [5, 5.41) is 6.23. The normalized spacial score (nSPS) is 15.8. The van der Waals surface area contributed by atoms with Crippen LogP contribution in [-0.4, -0.2) is 58.5 Å². The van der Waals surface area contributed by atoms with Crippen molar-refractivity contribution in [2.24, 2.45) is 0 Å². The van der Waals surface area contributed by atoms with Crippen molar-refractivity contribution in [3.8, 4) is 0 Å². The number of carbonyl (C=O) groups is 3. The molecular formula is C18H27N3O5S. The van der Waals surface area contributed by atoms with Gasteiger partial charge in [-0.3, -0.25) is 14.4 Å². The Balaban J connectivity index is 1.66. The first-order valence-electron chi connectivity index (χ1n) is 9.14. The lowest BCUT2D eigenvalue weighted by molar-refractivity contribution is -0.157. The summed E-state index contributed by atoms with van der Waals surface area (Å²) in [6.45, 7) is 3.31. The zero-order valence-corrected chi connectivity index (χ0v) is 16.8. The second-order valence-corrected chi connectivity index (χ2v) is 7.72. The van der Waals surface area contributed by atoms with Gasteiger partial charge in [0.1, 0.15) is 5.76 Å². The highest BCUT2D eigenvalue weighted by atomic mass is 32.2. The molecule has 0 aliphatic heterocycles. The fourth-order valence-electron chi connectivity index (χ4n) is 3.05. The van der Waals surface area contributed by atoms with E-state index >= 15 is 0 Å². The summed E-state index contributed by atoms with van der Waals surface area (Å²) < 4.78 is 10.1. The molecule has 1 aliphatic rings. The van der Waals surface area contributed by atoms with E-state index in [1.54, 1.807) is 31.9 Å². The zero-order valence-electron chi connectivity index (χ0n) is 16.0. The lowest BCUT2D eigenvalue weighted by atomic mass is 9.94. The number of esters is 1. The maximum absolute atomic E-state index is 12.4. The van der Waals surface area contributed by atoms with Gasteiger partial charge in [0, 0.05) is 19.2 Å². The van der Waals surface area contributed by atoms with Crippen LogP contribution >= 0.6 is 11.8 Å². The number of rotatable bonds is 8. The number of carbonyl (C=O) groups excluding carboxylic acids is 3. The summed E-state index contributed by atoms with van der Waals surface area (Å²) in [5.41, 5.74) is 0. The largest absolute Gasteiger partial charge is 0.452 e. The maximum atomic E-state index is 12.4. The van der Waals surface area contributed by atoms with Crippen molar-refractivity contribution in [3.63, 3.8) is 0 Å². The quantitative estimate of drug-likeness (QED) is 0.672. The number of amides is 2. The maximum Gasteiger partial charge on any atom is 0.316 e. The monoisotopic (exact) mass is 397 g/mol. The van der Waals surface area contributed by atoms with Crippen molar-refractivity contribution in [2.75, 3.05) is 23.9 Å². The number of ether oxygens (including phenoxy) is 1. The highest BCUT2D eigenvalue weighted by molar-refractivity contribution is 8.00. The van der Waals surface area contributed by atoms with Crippen LogP contribution in [0, 0.1) is 6.92 Å². The highest BCUT2D eigenvalue weighted by Crippen LogP contribution is 2.22. The molecule has 1 aromatic heterocycles. The van der Waals surface area contributed by atoms with Crippen LogP contribution in [-0.2, 0) is 19.1 Å². The number of likely N-dealkylation sites (N-methyl/N-ethyl adjacent to an activating group) is 1. The lowest BCUT2D eigenvalue weighted by Gasteiger charge is -2.32. The first kappa shape index (κ1) is 21.3. The molecule has 1 atom stereocenters. The molecule has 1 fully saturated rings. The van der Waals surface area contributed by atoms with E-state index in [-0.39, 0.29) is 29.4 Å². The van der Waals surface area contributed by atoms with Gasteiger partial charge in [0.15, 0.2) is 11.9 Å². The number of hydrogen-bond acceptors (Lipinski definition) is 7. The van der Waals surface area contributed by atoms with Gasteiger partial charge in [0.2, 0.25) is 5.91 Å². The van der Waals surface area contributed by atoms with E-state index in [9.17, 15) is 14.4 Å². The molecule has 1 saturated carbocycles. The third-order valence-corrected chi connectivity index (χ3v) is 5.38. The average Bonchev–Trinajstić information content (AvgIpc) is 3.05. The van der Waals surface area contributed by atoms with E-state index in [1.165, 1.54) is 6.42 Å². The Bertz CT molecular complexity index is 657. The molecule has 9 heteroatoms. The van der Waals surface area contributed by atoms with Crippen LogP contribution in [0.5, 0.6) is 0 Å². The predicted molar refractivity (Wildman–Crippen MR) is 102 cm³/mol. The number of aryl methyl sites for hydroxylation is 1. The van der Waals surface area contributed by atoms with Gasteiger partial charge in [-0.1, -0.05) is 24.4 Å². The fraction of sp³-hybridized carbons (Fsp3) is 0.667. The molecule has 1 N–H and O–H groups in total. The minimum Gasteiger partial charge on any atom is -0.452 e. The van der Waals surface area contributed by atoms with Crippen LogP contribution in [0.25, 0.3) is 0 Å². The minimum atomic E-state index is -0.822. The SMILES string of the molecule is Cc1cc(NC(=O)CSCC(=O)O[C@H](C)C(=O)N(C)C2CCCCC2)no1. The molecule has 0 radical (unpaired) electrons. The topological polar surface area (TPSA) is 102 Å². The van der Waals surface area contributed by atoms with Crippen molar-refractivity contribution in [2.45, 2.75) is 58.1 Å². The van der Waals surface area contributed by atoms with Crippen molar-refractivity contribution in [1.29, 1.82) is 0 Å². The summed E-state index contributed by atoms with van der Waals surface area (Å²) in [6, 6.07) is 1.83. The third-order valence-electron chi connectivity index (χ3n) is 4.47. The first-order valence-corrected chi connectivity index (χ1v) is 10.3. The second-order valence-electron chi connectivity index (χ2n) is 6.74. The average molecular weight is 397 g/mol. The standard InChI is InChI=1S/C18H27N3O5S/c1-12-9-15(20-26-12)19-16(22)10-27-11-17(23)25-13(2)18(24)21(3)14-7-5-4-6-8-14/h9,13-14H,4-8,10-11H2,1-3H3,(H,19,20,22)/t13-/m1/s1. The van der Waals surface area contributed by atoms with Crippen molar-refractivity contribution in [1.82, 2.24) is 10.1 Å². The van der Waals surface area contributed by atoms with Gasteiger partial charge in [0.25, 0.3) is 5.91 Å². The van der Waals surface area contributed by atoms with E-state index in [0.717, 1.165) is 37.4 Å². The van der Waals surface area contributed by atoms with Gasteiger partial charge in [-0.25, -0.2) is 0 Å². The zero-order chi connectivity index (χ0) is 19.8. The van der Waals surface area contributed by atoms with Crippen molar-refractivity contribution >= 4 is 35.4 Å². The van der Waals surface area contributed by atoms with Crippen molar-refractivity contribution < 1.29 is 23.6 Å². The molecule has 150 valence electrons. The Morgan fingerprint density at radius 1 is 1.33 bits per heavy atom. The minimum absolute atomic E-state index is 0.00394. The van der Waals surface area contributed by atoms with Gasteiger partial charge in [-0.15, -0.1) is 11.8 Å². The number of nitrogens with zero attached hydrogens (tertiary/aromatic N) is 2. The molecule has 1 aromatic rings. The van der Waals surface area contributed by atoms with Crippen LogP contribution in [0.1, 0.15) is 44.8 Å². The summed E-state index contributed by atoms with van der Waals surface area (Å²) in [4.78, 5) is 37.8. The molecule has 8 nitrogen and oxygen atoms in total. The van der Waals surface area contributed by atoms with E-state index < -0.39 is 12.1 Å². The number of aromatic nitrogens is 1. The summed E-state index contributed by atoms with van der Waals surface area (Å²) >= 11 is 1.12.